The molecule has 0 saturated heterocycles. The summed E-state index contributed by atoms with van der Waals surface area (Å²) in [6, 6.07) is 21.2. The van der Waals surface area contributed by atoms with Crippen LogP contribution in [0.1, 0.15) is 13.3 Å². The molecule has 3 aromatic carbocycles. The van der Waals surface area contributed by atoms with E-state index in [1.807, 2.05) is 67.6 Å². The quantitative estimate of drug-likeness (QED) is 0.713. The fraction of sp³-hybridized carbons (Fsp3) is 0.190. The standard InChI is InChI=1S/C21H21NO3/c1-3-20(21(23)22-17-9-6-10-18(14-17)24-2)25-19-12-11-15-7-4-5-8-16(15)13-19/h4-14,20H,3H2,1-2H3,(H,22,23)/t20-/m0/s1. The normalized spacial score (nSPS) is 11.8. The van der Waals surface area contributed by atoms with Crippen LogP contribution in [-0.4, -0.2) is 19.1 Å². The molecule has 0 aliphatic rings. The van der Waals surface area contributed by atoms with Crippen molar-refractivity contribution in [1.29, 1.82) is 0 Å². The lowest BCUT2D eigenvalue weighted by molar-refractivity contribution is -0.122. The van der Waals surface area contributed by atoms with E-state index in [1.165, 1.54) is 0 Å². The summed E-state index contributed by atoms with van der Waals surface area (Å²) >= 11 is 0. The highest BCUT2D eigenvalue weighted by Gasteiger charge is 2.19. The van der Waals surface area contributed by atoms with Gasteiger partial charge in [-0.1, -0.05) is 43.3 Å². The molecule has 0 bridgehead atoms. The topological polar surface area (TPSA) is 47.6 Å². The Morgan fingerprint density at radius 2 is 1.76 bits per heavy atom. The third-order valence-corrected chi connectivity index (χ3v) is 4.00. The van der Waals surface area contributed by atoms with Crippen LogP contribution in [0.4, 0.5) is 5.69 Å². The van der Waals surface area contributed by atoms with Gasteiger partial charge in [-0.3, -0.25) is 4.79 Å². The van der Waals surface area contributed by atoms with Crippen molar-refractivity contribution >= 4 is 22.4 Å². The van der Waals surface area contributed by atoms with E-state index in [4.69, 9.17) is 9.47 Å². The Balaban J connectivity index is 1.72. The van der Waals surface area contributed by atoms with E-state index in [2.05, 4.69) is 5.32 Å². The second-order valence-corrected chi connectivity index (χ2v) is 5.74. The molecular formula is C21H21NO3. The van der Waals surface area contributed by atoms with Crippen LogP contribution in [0.25, 0.3) is 10.8 Å². The number of rotatable bonds is 6. The maximum Gasteiger partial charge on any atom is 0.265 e. The minimum Gasteiger partial charge on any atom is -0.497 e. The number of carbonyl (C=O) groups is 1. The molecule has 0 aliphatic carbocycles. The Morgan fingerprint density at radius 3 is 2.52 bits per heavy atom. The number of hydrogen-bond donors (Lipinski definition) is 1. The first-order valence-electron chi connectivity index (χ1n) is 8.30. The van der Waals surface area contributed by atoms with Gasteiger partial charge in [-0.2, -0.15) is 0 Å². The van der Waals surface area contributed by atoms with Gasteiger partial charge in [0.2, 0.25) is 0 Å². The third-order valence-electron chi connectivity index (χ3n) is 4.00. The average Bonchev–Trinajstić information content (AvgIpc) is 2.66. The first-order valence-corrected chi connectivity index (χ1v) is 8.30. The van der Waals surface area contributed by atoms with Crippen molar-refractivity contribution in [2.24, 2.45) is 0 Å². The first kappa shape index (κ1) is 16.8. The van der Waals surface area contributed by atoms with Gasteiger partial charge in [0.05, 0.1) is 7.11 Å². The zero-order valence-electron chi connectivity index (χ0n) is 14.4. The second-order valence-electron chi connectivity index (χ2n) is 5.74. The molecule has 1 amide bonds. The predicted octanol–water partition coefficient (Wildman–Crippen LogP) is 4.64. The predicted molar refractivity (Wildman–Crippen MR) is 100 cm³/mol. The largest absolute Gasteiger partial charge is 0.497 e. The van der Waals surface area contributed by atoms with Crippen LogP contribution in [0.15, 0.2) is 66.7 Å². The van der Waals surface area contributed by atoms with Crippen LogP contribution in [0.5, 0.6) is 11.5 Å². The molecule has 128 valence electrons. The molecular weight excluding hydrogens is 314 g/mol. The summed E-state index contributed by atoms with van der Waals surface area (Å²) in [7, 11) is 1.60. The van der Waals surface area contributed by atoms with Crippen LogP contribution < -0.4 is 14.8 Å². The number of anilines is 1. The Kier molecular flexibility index (Phi) is 5.19. The summed E-state index contributed by atoms with van der Waals surface area (Å²) < 4.78 is 11.1. The number of ether oxygens (including phenoxy) is 2. The summed E-state index contributed by atoms with van der Waals surface area (Å²) in [6.45, 7) is 1.93. The van der Waals surface area contributed by atoms with Crippen LogP contribution in [0.3, 0.4) is 0 Å². The van der Waals surface area contributed by atoms with Gasteiger partial charge in [-0.25, -0.2) is 0 Å². The van der Waals surface area contributed by atoms with Gasteiger partial charge in [-0.05, 0) is 41.5 Å². The summed E-state index contributed by atoms with van der Waals surface area (Å²) in [4.78, 5) is 12.5. The molecule has 25 heavy (non-hydrogen) atoms. The van der Waals surface area contributed by atoms with Crippen molar-refractivity contribution in [3.8, 4) is 11.5 Å². The van der Waals surface area contributed by atoms with E-state index >= 15 is 0 Å². The molecule has 4 heteroatoms. The minimum atomic E-state index is -0.563. The fourth-order valence-electron chi connectivity index (χ4n) is 2.65. The lowest BCUT2D eigenvalue weighted by Crippen LogP contribution is -2.32. The van der Waals surface area contributed by atoms with Gasteiger partial charge >= 0.3 is 0 Å². The third kappa shape index (κ3) is 4.10. The van der Waals surface area contributed by atoms with Crippen molar-refractivity contribution in [2.75, 3.05) is 12.4 Å². The van der Waals surface area contributed by atoms with E-state index in [0.717, 1.165) is 10.8 Å². The maximum atomic E-state index is 12.5. The fourth-order valence-corrected chi connectivity index (χ4v) is 2.65. The monoisotopic (exact) mass is 335 g/mol. The van der Waals surface area contributed by atoms with Crippen molar-refractivity contribution in [1.82, 2.24) is 0 Å². The molecule has 4 nitrogen and oxygen atoms in total. The molecule has 0 heterocycles. The van der Waals surface area contributed by atoms with Gasteiger partial charge < -0.3 is 14.8 Å². The molecule has 0 radical (unpaired) electrons. The Morgan fingerprint density at radius 1 is 0.960 bits per heavy atom. The highest BCUT2D eigenvalue weighted by atomic mass is 16.5. The lowest BCUT2D eigenvalue weighted by atomic mass is 10.1. The maximum absolute atomic E-state index is 12.5. The van der Waals surface area contributed by atoms with Gasteiger partial charge in [0.1, 0.15) is 11.5 Å². The molecule has 0 aromatic heterocycles. The van der Waals surface area contributed by atoms with Gasteiger partial charge in [0.25, 0.3) is 5.91 Å². The molecule has 0 unspecified atom stereocenters. The highest BCUT2D eigenvalue weighted by molar-refractivity contribution is 5.94. The molecule has 3 rings (SSSR count). The van der Waals surface area contributed by atoms with Crippen molar-refractivity contribution < 1.29 is 14.3 Å². The molecule has 3 aromatic rings. The van der Waals surface area contributed by atoms with E-state index in [9.17, 15) is 4.79 Å². The van der Waals surface area contributed by atoms with Crippen LogP contribution in [-0.2, 0) is 4.79 Å². The first-order chi connectivity index (χ1) is 12.2. The number of hydrogen-bond acceptors (Lipinski definition) is 3. The van der Waals surface area contributed by atoms with Gasteiger partial charge in [0.15, 0.2) is 6.10 Å². The smallest absolute Gasteiger partial charge is 0.265 e. The summed E-state index contributed by atoms with van der Waals surface area (Å²) in [5.74, 6) is 1.21. The molecule has 0 fully saturated rings. The zero-order chi connectivity index (χ0) is 17.6. The highest BCUT2D eigenvalue weighted by Crippen LogP contribution is 2.23. The van der Waals surface area contributed by atoms with E-state index in [0.29, 0.717) is 23.6 Å². The van der Waals surface area contributed by atoms with Crippen molar-refractivity contribution in [3.05, 3.63) is 66.7 Å². The number of nitrogens with one attached hydrogen (secondary N) is 1. The Hall–Kier alpha value is -3.01. The van der Waals surface area contributed by atoms with Gasteiger partial charge in [0, 0.05) is 11.8 Å². The number of methoxy groups -OCH3 is 1. The minimum absolute atomic E-state index is 0.177. The average molecular weight is 335 g/mol. The van der Waals surface area contributed by atoms with E-state index in [-0.39, 0.29) is 5.91 Å². The Bertz CT molecular complexity index is 876. The Labute approximate surface area is 147 Å². The van der Waals surface area contributed by atoms with Crippen LogP contribution >= 0.6 is 0 Å². The molecule has 1 atom stereocenters. The van der Waals surface area contributed by atoms with Crippen LogP contribution in [0.2, 0.25) is 0 Å². The number of carbonyl (C=O) groups excluding carboxylic acids is 1. The second kappa shape index (κ2) is 7.71. The molecule has 0 spiro atoms. The molecule has 0 saturated carbocycles. The number of benzene rings is 3. The summed E-state index contributed by atoms with van der Waals surface area (Å²) in [6.07, 6.45) is 0.00943. The van der Waals surface area contributed by atoms with E-state index < -0.39 is 6.10 Å². The zero-order valence-corrected chi connectivity index (χ0v) is 14.4. The molecule has 1 N–H and O–H groups in total. The van der Waals surface area contributed by atoms with Crippen molar-refractivity contribution in [2.45, 2.75) is 19.4 Å². The lowest BCUT2D eigenvalue weighted by Gasteiger charge is -2.18. The van der Waals surface area contributed by atoms with Gasteiger partial charge in [-0.15, -0.1) is 0 Å². The van der Waals surface area contributed by atoms with E-state index in [1.54, 1.807) is 13.2 Å². The van der Waals surface area contributed by atoms with Crippen LogP contribution in [0, 0.1) is 0 Å². The number of fused-ring (bicyclic) bond motifs is 1. The SMILES string of the molecule is CC[C@H](Oc1ccc2ccccc2c1)C(=O)Nc1cccc(OC)c1. The molecule has 0 aliphatic heterocycles. The summed E-state index contributed by atoms with van der Waals surface area (Å²) in [5, 5.41) is 5.11. The van der Waals surface area contributed by atoms with Crippen molar-refractivity contribution in [3.63, 3.8) is 0 Å². The summed E-state index contributed by atoms with van der Waals surface area (Å²) in [5.41, 5.74) is 0.685. The number of amides is 1.